The SMILES string of the molecule is CCCCN(C1CC1)S(=O)(=O)CCCC(=O)OC. The van der Waals surface area contributed by atoms with Gasteiger partial charge in [-0.3, -0.25) is 4.79 Å². The number of hydrogen-bond donors (Lipinski definition) is 0. The summed E-state index contributed by atoms with van der Waals surface area (Å²) in [6.07, 6.45) is 4.33. The quantitative estimate of drug-likeness (QED) is 0.600. The van der Waals surface area contributed by atoms with Crippen LogP contribution in [0.1, 0.15) is 45.4 Å². The van der Waals surface area contributed by atoms with Crippen molar-refractivity contribution in [3.63, 3.8) is 0 Å². The minimum Gasteiger partial charge on any atom is -0.469 e. The first-order valence-corrected chi connectivity index (χ1v) is 8.18. The summed E-state index contributed by atoms with van der Waals surface area (Å²) in [4.78, 5) is 11.0. The largest absolute Gasteiger partial charge is 0.469 e. The molecule has 1 saturated carbocycles. The summed E-state index contributed by atoms with van der Waals surface area (Å²) in [6, 6.07) is 0.208. The van der Waals surface area contributed by atoms with E-state index in [1.807, 2.05) is 0 Å². The van der Waals surface area contributed by atoms with E-state index >= 15 is 0 Å². The lowest BCUT2D eigenvalue weighted by Gasteiger charge is -2.21. The second-order valence-electron chi connectivity index (χ2n) is 4.69. The van der Waals surface area contributed by atoms with Gasteiger partial charge in [0.15, 0.2) is 0 Å². The second-order valence-corrected chi connectivity index (χ2v) is 6.73. The zero-order valence-corrected chi connectivity index (χ0v) is 12.0. The van der Waals surface area contributed by atoms with E-state index in [1.165, 1.54) is 7.11 Å². The molecule has 0 aromatic heterocycles. The van der Waals surface area contributed by atoms with E-state index in [2.05, 4.69) is 11.7 Å². The Morgan fingerprint density at radius 3 is 2.50 bits per heavy atom. The maximum atomic E-state index is 12.2. The fourth-order valence-corrected chi connectivity index (χ4v) is 3.66. The first-order valence-electron chi connectivity index (χ1n) is 6.57. The van der Waals surface area contributed by atoms with Crippen molar-refractivity contribution in [2.45, 2.75) is 51.5 Å². The highest BCUT2D eigenvalue weighted by atomic mass is 32.2. The van der Waals surface area contributed by atoms with E-state index in [1.54, 1.807) is 4.31 Å². The van der Waals surface area contributed by atoms with Crippen molar-refractivity contribution in [3.05, 3.63) is 0 Å². The molecular formula is C12H23NO4S. The third-order valence-electron chi connectivity index (χ3n) is 3.05. The standard InChI is InChI=1S/C12H23NO4S/c1-3-4-9-13(11-7-8-11)18(15,16)10-5-6-12(14)17-2/h11H,3-10H2,1-2H3. The number of carbonyl (C=O) groups is 1. The molecule has 0 aromatic rings. The summed E-state index contributed by atoms with van der Waals surface area (Å²) < 4.78 is 30.5. The lowest BCUT2D eigenvalue weighted by Crippen LogP contribution is -2.36. The van der Waals surface area contributed by atoms with Crippen molar-refractivity contribution in [2.75, 3.05) is 19.4 Å². The average Bonchev–Trinajstić information content (AvgIpc) is 3.13. The number of esters is 1. The molecular weight excluding hydrogens is 254 g/mol. The van der Waals surface area contributed by atoms with Crippen LogP contribution in [0.15, 0.2) is 0 Å². The number of unbranched alkanes of at least 4 members (excludes halogenated alkanes) is 1. The number of methoxy groups -OCH3 is 1. The molecule has 0 atom stereocenters. The molecule has 6 heteroatoms. The van der Waals surface area contributed by atoms with Gasteiger partial charge >= 0.3 is 5.97 Å². The highest BCUT2D eigenvalue weighted by molar-refractivity contribution is 7.89. The van der Waals surface area contributed by atoms with Gasteiger partial charge in [-0.2, -0.15) is 4.31 Å². The molecule has 0 spiro atoms. The van der Waals surface area contributed by atoms with E-state index in [9.17, 15) is 13.2 Å². The van der Waals surface area contributed by atoms with Crippen LogP contribution in [0.3, 0.4) is 0 Å². The fraction of sp³-hybridized carbons (Fsp3) is 0.917. The maximum Gasteiger partial charge on any atom is 0.305 e. The number of ether oxygens (including phenoxy) is 1. The molecule has 0 aliphatic heterocycles. The van der Waals surface area contributed by atoms with E-state index < -0.39 is 10.0 Å². The van der Waals surface area contributed by atoms with Gasteiger partial charge in [0.05, 0.1) is 12.9 Å². The third kappa shape index (κ3) is 4.94. The van der Waals surface area contributed by atoms with Crippen molar-refractivity contribution >= 4 is 16.0 Å². The van der Waals surface area contributed by atoms with Gasteiger partial charge in [0.2, 0.25) is 10.0 Å². The van der Waals surface area contributed by atoms with E-state index in [0.29, 0.717) is 13.0 Å². The number of nitrogens with zero attached hydrogens (tertiary/aromatic N) is 1. The van der Waals surface area contributed by atoms with Crippen LogP contribution >= 0.6 is 0 Å². The van der Waals surface area contributed by atoms with Gasteiger partial charge in [0, 0.05) is 19.0 Å². The predicted molar refractivity (Wildman–Crippen MR) is 69.7 cm³/mol. The molecule has 0 unspecified atom stereocenters. The van der Waals surface area contributed by atoms with E-state index in [4.69, 9.17) is 0 Å². The molecule has 1 rings (SSSR count). The summed E-state index contributed by atoms with van der Waals surface area (Å²) >= 11 is 0. The number of rotatable bonds is 9. The number of carbonyl (C=O) groups excluding carboxylic acids is 1. The minimum atomic E-state index is -3.21. The summed E-state index contributed by atoms with van der Waals surface area (Å²) in [5.74, 6) is -0.306. The Hall–Kier alpha value is -0.620. The minimum absolute atomic E-state index is 0.0440. The molecule has 1 aliphatic carbocycles. The van der Waals surface area contributed by atoms with Gasteiger partial charge < -0.3 is 4.74 Å². The van der Waals surface area contributed by atoms with Gasteiger partial charge in [-0.25, -0.2) is 8.42 Å². The Morgan fingerprint density at radius 1 is 1.33 bits per heavy atom. The van der Waals surface area contributed by atoms with Crippen molar-refractivity contribution in [3.8, 4) is 0 Å². The normalized spacial score (nSPS) is 15.9. The zero-order valence-electron chi connectivity index (χ0n) is 11.2. The van der Waals surface area contributed by atoms with E-state index in [0.717, 1.165) is 25.7 Å². The average molecular weight is 277 g/mol. The Kier molecular flexibility index (Phi) is 6.08. The molecule has 0 aromatic carbocycles. The summed E-state index contributed by atoms with van der Waals surface area (Å²) in [7, 11) is -1.90. The number of hydrogen-bond acceptors (Lipinski definition) is 4. The molecule has 0 heterocycles. The van der Waals surface area contributed by atoms with Gasteiger partial charge in [-0.1, -0.05) is 13.3 Å². The van der Waals surface area contributed by atoms with Gasteiger partial charge in [-0.15, -0.1) is 0 Å². The molecule has 18 heavy (non-hydrogen) atoms. The highest BCUT2D eigenvalue weighted by Crippen LogP contribution is 2.30. The molecule has 0 bridgehead atoms. The molecule has 0 amide bonds. The van der Waals surface area contributed by atoms with Crippen molar-refractivity contribution < 1.29 is 17.9 Å². The molecule has 0 radical (unpaired) electrons. The maximum absolute atomic E-state index is 12.2. The monoisotopic (exact) mass is 277 g/mol. The third-order valence-corrected chi connectivity index (χ3v) is 5.05. The molecule has 106 valence electrons. The van der Waals surface area contributed by atoms with Crippen LogP contribution < -0.4 is 0 Å². The molecule has 0 saturated heterocycles. The fourth-order valence-electron chi connectivity index (χ4n) is 1.84. The summed E-state index contributed by atoms with van der Waals surface area (Å²) in [5, 5.41) is 0. The summed E-state index contributed by atoms with van der Waals surface area (Å²) in [5.41, 5.74) is 0. The first-order chi connectivity index (χ1) is 8.51. The molecule has 1 aliphatic rings. The van der Waals surface area contributed by atoms with Gasteiger partial charge in [-0.05, 0) is 25.7 Å². The van der Waals surface area contributed by atoms with Crippen LogP contribution in [0.2, 0.25) is 0 Å². The lowest BCUT2D eigenvalue weighted by molar-refractivity contribution is -0.140. The summed E-state index contributed by atoms with van der Waals surface area (Å²) in [6.45, 7) is 2.66. The van der Waals surface area contributed by atoms with Crippen LogP contribution in [0.25, 0.3) is 0 Å². The molecule has 0 N–H and O–H groups in total. The van der Waals surface area contributed by atoms with Crippen LogP contribution in [0.5, 0.6) is 0 Å². The van der Waals surface area contributed by atoms with Gasteiger partial charge in [0.1, 0.15) is 0 Å². The van der Waals surface area contributed by atoms with Crippen LogP contribution in [-0.4, -0.2) is 44.1 Å². The molecule has 5 nitrogen and oxygen atoms in total. The van der Waals surface area contributed by atoms with Crippen LogP contribution in [-0.2, 0) is 19.6 Å². The molecule has 1 fully saturated rings. The van der Waals surface area contributed by atoms with E-state index in [-0.39, 0.29) is 24.2 Å². The lowest BCUT2D eigenvalue weighted by atomic mass is 10.3. The smallest absolute Gasteiger partial charge is 0.305 e. The Bertz CT molecular complexity index is 362. The van der Waals surface area contributed by atoms with Crippen molar-refractivity contribution in [1.82, 2.24) is 4.31 Å². The Labute approximate surface area is 110 Å². The second kappa shape index (κ2) is 7.09. The van der Waals surface area contributed by atoms with Crippen LogP contribution in [0, 0.1) is 0 Å². The van der Waals surface area contributed by atoms with Crippen molar-refractivity contribution in [2.24, 2.45) is 0 Å². The predicted octanol–water partition coefficient (Wildman–Crippen LogP) is 1.53. The van der Waals surface area contributed by atoms with Gasteiger partial charge in [0.25, 0.3) is 0 Å². The highest BCUT2D eigenvalue weighted by Gasteiger charge is 2.36. The Balaban J connectivity index is 2.45. The Morgan fingerprint density at radius 2 is 2.00 bits per heavy atom. The topological polar surface area (TPSA) is 63.7 Å². The van der Waals surface area contributed by atoms with Crippen LogP contribution in [0.4, 0.5) is 0 Å². The van der Waals surface area contributed by atoms with Crippen molar-refractivity contribution in [1.29, 1.82) is 0 Å². The first kappa shape index (κ1) is 15.4. The zero-order chi connectivity index (χ0) is 13.6. The number of sulfonamides is 1.